The molecule has 0 amide bonds. The lowest BCUT2D eigenvalue weighted by Crippen LogP contribution is -2.18. The predicted molar refractivity (Wildman–Crippen MR) is 96.5 cm³/mol. The largest absolute Gasteiger partial charge is 0.399 e. The van der Waals surface area contributed by atoms with E-state index in [1.54, 1.807) is 0 Å². The van der Waals surface area contributed by atoms with Crippen molar-refractivity contribution in [3.05, 3.63) is 0 Å². The second-order valence-corrected chi connectivity index (χ2v) is 9.13. The van der Waals surface area contributed by atoms with Crippen molar-refractivity contribution in [2.75, 3.05) is 13.2 Å². The molecule has 0 aromatic carbocycles. The molecule has 0 spiro atoms. The van der Waals surface area contributed by atoms with Gasteiger partial charge in [0.25, 0.3) is 0 Å². The molecule has 0 rings (SSSR count). The molecule has 140 valence electrons. The van der Waals surface area contributed by atoms with Crippen molar-refractivity contribution in [2.45, 2.75) is 80.1 Å². The minimum Gasteiger partial charge on any atom is -0.248 e. The van der Waals surface area contributed by atoms with E-state index >= 15 is 0 Å². The van der Waals surface area contributed by atoms with E-state index < -0.39 is 10.4 Å². The van der Waals surface area contributed by atoms with Crippen molar-refractivity contribution in [3.63, 3.8) is 0 Å². The first-order valence-corrected chi connectivity index (χ1v) is 10.5. The Kier molecular flexibility index (Phi) is 12.2. The fourth-order valence-corrected chi connectivity index (χ4v) is 3.21. The maximum Gasteiger partial charge on any atom is 0.399 e. The Morgan fingerprint density at radius 3 is 1.30 bits per heavy atom. The van der Waals surface area contributed by atoms with Crippen molar-refractivity contribution >= 4 is 10.4 Å². The van der Waals surface area contributed by atoms with Crippen LogP contribution in [0.1, 0.15) is 80.1 Å². The molecule has 0 saturated carbocycles. The van der Waals surface area contributed by atoms with Crippen molar-refractivity contribution < 1.29 is 16.8 Å². The maximum atomic E-state index is 11.8. The van der Waals surface area contributed by atoms with E-state index in [0.29, 0.717) is 11.8 Å². The molecule has 0 aliphatic carbocycles. The van der Waals surface area contributed by atoms with Crippen LogP contribution in [0.3, 0.4) is 0 Å². The van der Waals surface area contributed by atoms with Crippen LogP contribution < -0.4 is 0 Å². The third kappa shape index (κ3) is 15.2. The molecule has 2 unspecified atom stereocenters. The van der Waals surface area contributed by atoms with E-state index in [2.05, 4.69) is 27.7 Å². The molecule has 5 heteroatoms. The normalized spacial score (nSPS) is 15.3. The van der Waals surface area contributed by atoms with E-state index in [4.69, 9.17) is 8.37 Å². The van der Waals surface area contributed by atoms with E-state index in [-0.39, 0.29) is 25.0 Å². The summed E-state index contributed by atoms with van der Waals surface area (Å²) in [6, 6.07) is 0. The molecule has 0 radical (unpaired) electrons. The van der Waals surface area contributed by atoms with Gasteiger partial charge in [0.05, 0.1) is 13.2 Å². The lowest BCUT2D eigenvalue weighted by Gasteiger charge is -2.15. The summed E-state index contributed by atoms with van der Waals surface area (Å²) in [5, 5.41) is 0. The van der Waals surface area contributed by atoms with E-state index in [0.717, 1.165) is 25.7 Å². The van der Waals surface area contributed by atoms with Gasteiger partial charge in [-0.25, -0.2) is 8.37 Å². The smallest absolute Gasteiger partial charge is 0.248 e. The van der Waals surface area contributed by atoms with E-state index in [1.165, 1.54) is 12.8 Å². The number of hydrogen-bond acceptors (Lipinski definition) is 4. The zero-order chi connectivity index (χ0) is 17.9. The highest BCUT2D eigenvalue weighted by Gasteiger charge is 2.16. The first kappa shape index (κ1) is 22.9. The van der Waals surface area contributed by atoms with Crippen LogP contribution in [0, 0.1) is 23.7 Å². The number of hydrogen-bond donors (Lipinski definition) is 0. The monoisotopic (exact) mass is 350 g/mol. The molecule has 23 heavy (non-hydrogen) atoms. The minimum atomic E-state index is -3.85. The van der Waals surface area contributed by atoms with Crippen LogP contribution in [0.25, 0.3) is 0 Å². The van der Waals surface area contributed by atoms with Crippen LogP contribution in [0.2, 0.25) is 0 Å². The summed E-state index contributed by atoms with van der Waals surface area (Å²) in [5.74, 6) is 1.84. The molecule has 0 fully saturated rings. The fourth-order valence-electron chi connectivity index (χ4n) is 2.35. The van der Waals surface area contributed by atoms with Gasteiger partial charge < -0.3 is 0 Å². The second kappa shape index (κ2) is 12.3. The van der Waals surface area contributed by atoms with Gasteiger partial charge in [-0.2, -0.15) is 8.42 Å². The molecule has 0 N–H and O–H groups in total. The molecule has 2 atom stereocenters. The van der Waals surface area contributed by atoms with Crippen molar-refractivity contribution in [3.8, 4) is 0 Å². The average molecular weight is 351 g/mol. The molecule has 0 aliphatic heterocycles. The van der Waals surface area contributed by atoms with Crippen LogP contribution in [-0.4, -0.2) is 21.6 Å². The van der Waals surface area contributed by atoms with Crippen LogP contribution in [0.4, 0.5) is 0 Å². The summed E-state index contributed by atoms with van der Waals surface area (Å²) in [5.41, 5.74) is 0. The number of rotatable bonds is 14. The summed E-state index contributed by atoms with van der Waals surface area (Å²) in [4.78, 5) is 0. The minimum absolute atomic E-state index is 0.210. The van der Waals surface area contributed by atoms with Crippen LogP contribution in [0.5, 0.6) is 0 Å². The predicted octanol–water partition coefficient (Wildman–Crippen LogP) is 5.19. The molecule has 0 bridgehead atoms. The van der Waals surface area contributed by atoms with Gasteiger partial charge in [-0.05, 0) is 36.5 Å². The summed E-state index contributed by atoms with van der Waals surface area (Å²) in [6.45, 7) is 13.2. The zero-order valence-electron chi connectivity index (χ0n) is 16.0. The average Bonchev–Trinajstić information content (AvgIpc) is 2.42. The van der Waals surface area contributed by atoms with Crippen LogP contribution in [0.15, 0.2) is 0 Å². The SMILES string of the molecule is CC(C)CCCC(C)COS(=O)(=O)OCC(C)CCCC(C)C. The Balaban J connectivity index is 3.87. The quantitative estimate of drug-likeness (QED) is 0.432. The molecular formula is C18H38O4S. The van der Waals surface area contributed by atoms with Gasteiger partial charge in [0.15, 0.2) is 0 Å². The Morgan fingerprint density at radius 1 is 0.652 bits per heavy atom. The molecule has 0 aromatic rings. The van der Waals surface area contributed by atoms with Crippen LogP contribution >= 0.6 is 0 Å². The van der Waals surface area contributed by atoms with E-state index in [9.17, 15) is 8.42 Å². The Bertz CT molecular complexity index is 346. The van der Waals surface area contributed by atoms with Gasteiger partial charge in [-0.1, -0.05) is 67.2 Å². The van der Waals surface area contributed by atoms with Gasteiger partial charge in [0.1, 0.15) is 0 Å². The first-order valence-electron chi connectivity index (χ1n) is 9.16. The summed E-state index contributed by atoms with van der Waals surface area (Å²) in [7, 11) is -3.85. The molecule has 0 saturated heterocycles. The molecular weight excluding hydrogens is 312 g/mol. The highest BCUT2D eigenvalue weighted by atomic mass is 32.3. The third-order valence-electron chi connectivity index (χ3n) is 3.95. The fraction of sp³-hybridized carbons (Fsp3) is 1.00. The van der Waals surface area contributed by atoms with Crippen molar-refractivity contribution in [1.29, 1.82) is 0 Å². The lowest BCUT2D eigenvalue weighted by atomic mass is 10.0. The Morgan fingerprint density at radius 2 is 1.00 bits per heavy atom. The van der Waals surface area contributed by atoms with Crippen molar-refractivity contribution in [2.24, 2.45) is 23.7 Å². The Hall–Kier alpha value is -0.130. The van der Waals surface area contributed by atoms with Gasteiger partial charge in [-0.15, -0.1) is 0 Å². The highest BCUT2D eigenvalue weighted by Crippen LogP contribution is 2.16. The standard InChI is InChI=1S/C18H38O4S/c1-15(2)9-7-11-17(5)13-21-23(19,20)22-14-18(6)12-8-10-16(3)4/h15-18H,7-14H2,1-6H3. The summed E-state index contributed by atoms with van der Waals surface area (Å²) in [6.07, 6.45) is 6.52. The molecule has 4 nitrogen and oxygen atoms in total. The summed E-state index contributed by atoms with van der Waals surface area (Å²) >= 11 is 0. The first-order chi connectivity index (χ1) is 10.6. The highest BCUT2D eigenvalue weighted by molar-refractivity contribution is 7.81. The summed E-state index contributed by atoms with van der Waals surface area (Å²) < 4.78 is 33.5. The zero-order valence-corrected chi connectivity index (χ0v) is 16.8. The van der Waals surface area contributed by atoms with E-state index in [1.807, 2.05) is 13.8 Å². The van der Waals surface area contributed by atoms with Gasteiger partial charge in [0.2, 0.25) is 0 Å². The lowest BCUT2D eigenvalue weighted by molar-refractivity contribution is 0.169. The second-order valence-electron chi connectivity index (χ2n) is 7.84. The third-order valence-corrected chi connectivity index (χ3v) is 4.80. The van der Waals surface area contributed by atoms with Gasteiger partial charge in [0, 0.05) is 0 Å². The van der Waals surface area contributed by atoms with Gasteiger partial charge >= 0.3 is 10.4 Å². The molecule has 0 heterocycles. The Labute approximate surface area is 144 Å². The van der Waals surface area contributed by atoms with Crippen LogP contribution in [-0.2, 0) is 18.8 Å². The van der Waals surface area contributed by atoms with Crippen molar-refractivity contribution in [1.82, 2.24) is 0 Å². The topological polar surface area (TPSA) is 52.6 Å². The maximum absolute atomic E-state index is 11.8. The molecule has 0 aliphatic rings. The van der Waals surface area contributed by atoms with Gasteiger partial charge in [-0.3, -0.25) is 0 Å². The molecule has 0 aromatic heterocycles.